The maximum Gasteiger partial charge on any atom is 0.322 e. The van der Waals surface area contributed by atoms with E-state index >= 15 is 0 Å². The van der Waals surface area contributed by atoms with Crippen molar-refractivity contribution in [2.45, 2.75) is 31.7 Å². The van der Waals surface area contributed by atoms with E-state index in [1.807, 2.05) is 0 Å². The molecule has 0 amide bonds. The van der Waals surface area contributed by atoms with E-state index in [0.29, 0.717) is 23.9 Å². The highest BCUT2D eigenvalue weighted by Gasteiger charge is 2.39. The highest BCUT2D eigenvalue weighted by molar-refractivity contribution is 5.36. The van der Waals surface area contributed by atoms with E-state index in [4.69, 9.17) is 4.74 Å². The van der Waals surface area contributed by atoms with E-state index in [-0.39, 0.29) is 0 Å². The fourth-order valence-corrected chi connectivity index (χ4v) is 3.21. The molecule has 2 bridgehead atoms. The number of fused-ring (bicyclic) bond motifs is 2. The monoisotopic (exact) mass is 249 g/mol. The van der Waals surface area contributed by atoms with Gasteiger partial charge in [-0.1, -0.05) is 6.42 Å². The van der Waals surface area contributed by atoms with Crippen molar-refractivity contribution in [3.05, 3.63) is 0 Å². The Kier molecular flexibility index (Phi) is 2.93. The van der Waals surface area contributed by atoms with Gasteiger partial charge in [0.15, 0.2) is 0 Å². The number of methoxy groups -OCH3 is 1. The summed E-state index contributed by atoms with van der Waals surface area (Å²) in [5, 5.41) is 6.36. The fraction of sp³-hybridized carbons (Fsp3) is 0.750. The van der Waals surface area contributed by atoms with Crippen LogP contribution in [0.3, 0.4) is 0 Å². The molecule has 6 nitrogen and oxygen atoms in total. The molecule has 1 aromatic rings. The van der Waals surface area contributed by atoms with Crippen molar-refractivity contribution in [1.29, 1.82) is 0 Å². The zero-order valence-corrected chi connectivity index (χ0v) is 10.8. The van der Waals surface area contributed by atoms with Crippen LogP contribution in [0.15, 0.2) is 0 Å². The number of ether oxygens (including phenoxy) is 1. The molecule has 3 atom stereocenters. The molecule has 1 heterocycles. The van der Waals surface area contributed by atoms with Gasteiger partial charge in [-0.25, -0.2) is 0 Å². The van der Waals surface area contributed by atoms with Gasteiger partial charge in [-0.15, -0.1) is 0 Å². The van der Waals surface area contributed by atoms with Gasteiger partial charge in [-0.3, -0.25) is 0 Å². The van der Waals surface area contributed by atoms with Gasteiger partial charge >= 0.3 is 6.01 Å². The van der Waals surface area contributed by atoms with Gasteiger partial charge < -0.3 is 15.4 Å². The van der Waals surface area contributed by atoms with Gasteiger partial charge in [0.2, 0.25) is 11.9 Å². The Morgan fingerprint density at radius 2 is 1.94 bits per heavy atom. The molecule has 0 aliphatic heterocycles. The van der Waals surface area contributed by atoms with Crippen molar-refractivity contribution in [2.75, 3.05) is 24.8 Å². The van der Waals surface area contributed by atoms with Crippen molar-refractivity contribution in [2.24, 2.45) is 11.8 Å². The number of rotatable bonds is 4. The van der Waals surface area contributed by atoms with Crippen LogP contribution >= 0.6 is 0 Å². The normalized spacial score (nSPS) is 29.3. The molecular formula is C12H19N5O. The molecule has 1 aromatic heterocycles. The van der Waals surface area contributed by atoms with Crippen molar-refractivity contribution in [3.63, 3.8) is 0 Å². The van der Waals surface area contributed by atoms with Gasteiger partial charge in [0.1, 0.15) is 0 Å². The lowest BCUT2D eigenvalue weighted by Gasteiger charge is -2.22. The third-order valence-electron chi connectivity index (χ3n) is 4.07. The van der Waals surface area contributed by atoms with Crippen molar-refractivity contribution < 1.29 is 4.74 Å². The van der Waals surface area contributed by atoms with E-state index in [2.05, 4.69) is 25.6 Å². The number of aromatic nitrogens is 3. The Labute approximate surface area is 107 Å². The van der Waals surface area contributed by atoms with Crippen LogP contribution < -0.4 is 15.4 Å². The van der Waals surface area contributed by atoms with E-state index in [9.17, 15) is 0 Å². The zero-order valence-electron chi connectivity index (χ0n) is 10.8. The maximum absolute atomic E-state index is 5.08. The van der Waals surface area contributed by atoms with E-state index in [0.717, 1.165) is 11.8 Å². The molecule has 3 rings (SSSR count). The predicted octanol–water partition coefficient (Wildman–Crippen LogP) is 1.52. The van der Waals surface area contributed by atoms with Gasteiger partial charge in [0.05, 0.1) is 7.11 Å². The summed E-state index contributed by atoms with van der Waals surface area (Å²) >= 11 is 0. The SMILES string of the molecule is CNc1nc(NC2CC3CCC2C3)nc(OC)n1. The summed E-state index contributed by atoms with van der Waals surface area (Å²) in [5.74, 6) is 2.84. The molecule has 0 spiro atoms. The first-order chi connectivity index (χ1) is 8.78. The third kappa shape index (κ3) is 2.07. The predicted molar refractivity (Wildman–Crippen MR) is 68.8 cm³/mol. The number of hydrogen-bond acceptors (Lipinski definition) is 6. The van der Waals surface area contributed by atoms with Gasteiger partial charge in [0.25, 0.3) is 0 Å². The molecular weight excluding hydrogens is 230 g/mol. The number of hydrogen-bond donors (Lipinski definition) is 2. The van der Waals surface area contributed by atoms with Crippen molar-refractivity contribution >= 4 is 11.9 Å². The first-order valence-electron chi connectivity index (χ1n) is 6.53. The number of anilines is 2. The van der Waals surface area contributed by atoms with Gasteiger partial charge in [0, 0.05) is 13.1 Å². The van der Waals surface area contributed by atoms with Crippen LogP contribution in [0, 0.1) is 11.8 Å². The highest BCUT2D eigenvalue weighted by atomic mass is 16.5. The second-order valence-corrected chi connectivity index (χ2v) is 5.15. The van der Waals surface area contributed by atoms with Crippen LogP contribution in [-0.4, -0.2) is 35.2 Å². The Morgan fingerprint density at radius 3 is 2.56 bits per heavy atom. The first-order valence-corrected chi connectivity index (χ1v) is 6.53. The molecule has 0 saturated heterocycles. The van der Waals surface area contributed by atoms with E-state index in [1.54, 1.807) is 14.2 Å². The smallest absolute Gasteiger partial charge is 0.322 e. The van der Waals surface area contributed by atoms with Gasteiger partial charge in [-0.2, -0.15) is 15.0 Å². The van der Waals surface area contributed by atoms with E-state index in [1.165, 1.54) is 25.7 Å². The van der Waals surface area contributed by atoms with Gasteiger partial charge in [-0.05, 0) is 31.1 Å². The maximum atomic E-state index is 5.08. The van der Waals surface area contributed by atoms with E-state index < -0.39 is 0 Å². The Balaban J connectivity index is 1.75. The largest absolute Gasteiger partial charge is 0.467 e. The quantitative estimate of drug-likeness (QED) is 0.843. The average molecular weight is 249 g/mol. The Hall–Kier alpha value is -1.59. The van der Waals surface area contributed by atoms with Crippen LogP contribution in [0.4, 0.5) is 11.9 Å². The molecule has 3 unspecified atom stereocenters. The number of nitrogens with zero attached hydrogens (tertiary/aromatic N) is 3. The summed E-state index contributed by atoms with van der Waals surface area (Å²) in [6.07, 6.45) is 5.33. The van der Waals surface area contributed by atoms with Crippen molar-refractivity contribution in [3.8, 4) is 6.01 Å². The van der Waals surface area contributed by atoms with Crippen LogP contribution in [0.1, 0.15) is 25.7 Å². The topological polar surface area (TPSA) is 72.0 Å². The van der Waals surface area contributed by atoms with Crippen LogP contribution in [0.5, 0.6) is 6.01 Å². The summed E-state index contributed by atoms with van der Waals surface area (Å²) < 4.78 is 5.08. The van der Waals surface area contributed by atoms with Crippen LogP contribution in [0.2, 0.25) is 0 Å². The lowest BCUT2D eigenvalue weighted by molar-refractivity contribution is 0.378. The molecule has 2 aliphatic rings. The minimum absolute atomic E-state index is 0.347. The summed E-state index contributed by atoms with van der Waals surface area (Å²) in [6.45, 7) is 0. The molecule has 2 fully saturated rings. The van der Waals surface area contributed by atoms with Crippen LogP contribution in [0.25, 0.3) is 0 Å². The Morgan fingerprint density at radius 1 is 1.11 bits per heavy atom. The fourth-order valence-electron chi connectivity index (χ4n) is 3.21. The summed E-state index contributed by atoms with van der Waals surface area (Å²) in [7, 11) is 3.35. The lowest BCUT2D eigenvalue weighted by Crippen LogP contribution is -2.27. The molecule has 6 heteroatoms. The molecule has 98 valence electrons. The second-order valence-electron chi connectivity index (χ2n) is 5.15. The minimum atomic E-state index is 0.347. The minimum Gasteiger partial charge on any atom is -0.467 e. The number of nitrogens with one attached hydrogen (secondary N) is 2. The Bertz CT molecular complexity index is 416. The zero-order chi connectivity index (χ0) is 12.5. The van der Waals surface area contributed by atoms with Crippen LogP contribution in [-0.2, 0) is 0 Å². The average Bonchev–Trinajstić information content (AvgIpc) is 3.00. The molecule has 2 N–H and O–H groups in total. The summed E-state index contributed by atoms with van der Waals surface area (Å²) in [5.41, 5.74) is 0. The lowest BCUT2D eigenvalue weighted by atomic mass is 9.95. The second kappa shape index (κ2) is 4.59. The first kappa shape index (κ1) is 11.5. The molecule has 0 radical (unpaired) electrons. The molecule has 0 aromatic carbocycles. The summed E-state index contributed by atoms with van der Waals surface area (Å²) in [4.78, 5) is 12.7. The standard InChI is InChI=1S/C12H19N5O/c1-13-10-15-11(17-12(16-10)18-2)14-9-6-7-3-4-8(9)5-7/h7-9H,3-6H2,1-2H3,(H2,13,14,15,16,17). The molecule has 2 saturated carbocycles. The summed E-state index contributed by atoms with van der Waals surface area (Å²) in [6, 6.07) is 0.862. The molecule has 18 heavy (non-hydrogen) atoms. The highest BCUT2D eigenvalue weighted by Crippen LogP contribution is 2.45. The molecule has 2 aliphatic carbocycles. The third-order valence-corrected chi connectivity index (χ3v) is 4.07. The van der Waals surface area contributed by atoms with Crippen molar-refractivity contribution in [1.82, 2.24) is 15.0 Å².